The molecule has 9 heteroatoms. The molecule has 0 bridgehead atoms. The van der Waals surface area contributed by atoms with Crippen molar-refractivity contribution >= 4 is 45.4 Å². The van der Waals surface area contributed by atoms with Crippen molar-refractivity contribution in [1.82, 2.24) is 9.88 Å². The number of carbonyl (C=O) groups is 2. The minimum Gasteiger partial charge on any atom is -0.494 e. The molecule has 2 aromatic heterocycles. The standard InChI is InChI=1S/C20H20N4O3S2/c1-2-27-15-5-3-14(4-6-15)21-20(26)24-9-7-16-17(11-24)29-19(22-16)23-18(25)13-8-10-28-12-13/h3-6,8,10,12H,2,7,9,11H2,1H3,(H,21,26)(H,22,23,25). The topological polar surface area (TPSA) is 83.6 Å². The third-order valence-corrected chi connectivity index (χ3v) is 6.12. The molecule has 0 saturated carbocycles. The number of amides is 3. The molecule has 0 atom stereocenters. The number of ether oxygens (including phenoxy) is 1. The fourth-order valence-electron chi connectivity index (χ4n) is 2.99. The van der Waals surface area contributed by atoms with Gasteiger partial charge in [0.2, 0.25) is 0 Å². The highest BCUT2D eigenvalue weighted by molar-refractivity contribution is 7.16. The molecule has 3 amide bonds. The summed E-state index contributed by atoms with van der Waals surface area (Å²) in [6, 6.07) is 8.93. The third kappa shape index (κ3) is 4.57. The summed E-state index contributed by atoms with van der Waals surface area (Å²) in [5, 5.41) is 10.00. The van der Waals surface area contributed by atoms with Crippen LogP contribution < -0.4 is 15.4 Å². The zero-order chi connectivity index (χ0) is 20.2. The quantitative estimate of drug-likeness (QED) is 0.629. The summed E-state index contributed by atoms with van der Waals surface area (Å²) in [5.41, 5.74) is 2.29. The van der Waals surface area contributed by atoms with Crippen molar-refractivity contribution < 1.29 is 14.3 Å². The molecule has 4 rings (SSSR count). The first kappa shape index (κ1) is 19.4. The normalized spacial score (nSPS) is 12.9. The van der Waals surface area contributed by atoms with E-state index in [4.69, 9.17) is 4.74 Å². The predicted octanol–water partition coefficient (Wildman–Crippen LogP) is 4.45. The second kappa shape index (κ2) is 8.62. The summed E-state index contributed by atoms with van der Waals surface area (Å²) in [7, 11) is 0. The highest BCUT2D eigenvalue weighted by Gasteiger charge is 2.25. The largest absolute Gasteiger partial charge is 0.494 e. The summed E-state index contributed by atoms with van der Waals surface area (Å²) in [4.78, 5) is 32.1. The van der Waals surface area contributed by atoms with Gasteiger partial charge in [-0.15, -0.1) is 0 Å². The van der Waals surface area contributed by atoms with Crippen molar-refractivity contribution in [3.05, 3.63) is 57.2 Å². The van der Waals surface area contributed by atoms with Crippen LogP contribution in [0.15, 0.2) is 41.1 Å². The van der Waals surface area contributed by atoms with Crippen LogP contribution in [0.25, 0.3) is 0 Å². The molecule has 1 aromatic carbocycles. The first-order valence-corrected chi connectivity index (χ1v) is 11.0. The molecular weight excluding hydrogens is 408 g/mol. The number of aromatic nitrogens is 1. The molecule has 0 saturated heterocycles. The van der Waals surface area contributed by atoms with E-state index < -0.39 is 0 Å². The number of hydrogen-bond donors (Lipinski definition) is 2. The SMILES string of the molecule is CCOc1ccc(NC(=O)N2CCc3nc(NC(=O)c4ccsc4)sc3C2)cc1. The maximum absolute atomic E-state index is 12.6. The monoisotopic (exact) mass is 428 g/mol. The Balaban J connectivity index is 1.37. The van der Waals surface area contributed by atoms with Crippen LogP contribution in [0.3, 0.4) is 0 Å². The van der Waals surface area contributed by atoms with Gasteiger partial charge in [-0.3, -0.25) is 10.1 Å². The molecule has 0 radical (unpaired) electrons. The average Bonchev–Trinajstić information content (AvgIpc) is 3.38. The van der Waals surface area contributed by atoms with E-state index in [1.54, 1.807) is 16.3 Å². The van der Waals surface area contributed by atoms with E-state index in [9.17, 15) is 9.59 Å². The van der Waals surface area contributed by atoms with Gasteiger partial charge in [-0.1, -0.05) is 11.3 Å². The number of nitrogens with zero attached hydrogens (tertiary/aromatic N) is 2. The van der Waals surface area contributed by atoms with Crippen molar-refractivity contribution in [3.8, 4) is 5.75 Å². The van der Waals surface area contributed by atoms with E-state index in [0.29, 0.717) is 36.8 Å². The number of fused-ring (bicyclic) bond motifs is 1. The molecule has 7 nitrogen and oxygen atoms in total. The lowest BCUT2D eigenvalue weighted by atomic mass is 10.2. The summed E-state index contributed by atoms with van der Waals surface area (Å²) < 4.78 is 5.42. The summed E-state index contributed by atoms with van der Waals surface area (Å²) in [6.07, 6.45) is 0.664. The smallest absolute Gasteiger partial charge is 0.322 e. The van der Waals surface area contributed by atoms with Crippen molar-refractivity contribution in [2.45, 2.75) is 19.9 Å². The number of thiazole rings is 1. The molecule has 0 fully saturated rings. The molecule has 2 N–H and O–H groups in total. The molecule has 0 unspecified atom stereocenters. The van der Waals surface area contributed by atoms with Crippen LogP contribution in [0.5, 0.6) is 5.75 Å². The third-order valence-electron chi connectivity index (χ3n) is 4.44. The highest BCUT2D eigenvalue weighted by Crippen LogP contribution is 2.29. The molecule has 0 aliphatic carbocycles. The van der Waals surface area contributed by atoms with Gasteiger partial charge in [0.25, 0.3) is 5.91 Å². The van der Waals surface area contributed by atoms with Crippen LogP contribution in [-0.4, -0.2) is 35.0 Å². The van der Waals surface area contributed by atoms with Crippen molar-refractivity contribution in [2.75, 3.05) is 23.8 Å². The Morgan fingerprint density at radius 3 is 2.76 bits per heavy atom. The first-order chi connectivity index (χ1) is 14.1. The number of carbonyl (C=O) groups excluding carboxylic acids is 2. The maximum Gasteiger partial charge on any atom is 0.322 e. The Labute approximate surface area is 176 Å². The number of anilines is 2. The van der Waals surface area contributed by atoms with E-state index in [1.807, 2.05) is 36.6 Å². The first-order valence-electron chi connectivity index (χ1n) is 9.23. The van der Waals surface area contributed by atoms with Gasteiger partial charge >= 0.3 is 6.03 Å². The summed E-state index contributed by atoms with van der Waals surface area (Å²) in [5.74, 6) is 0.609. The maximum atomic E-state index is 12.6. The Morgan fingerprint density at radius 2 is 2.03 bits per heavy atom. The molecular formula is C20H20N4O3S2. The van der Waals surface area contributed by atoms with Gasteiger partial charge in [0.05, 0.1) is 24.4 Å². The number of benzene rings is 1. The lowest BCUT2D eigenvalue weighted by molar-refractivity contribution is 0.102. The van der Waals surface area contributed by atoms with Gasteiger partial charge in [0.1, 0.15) is 5.75 Å². The van der Waals surface area contributed by atoms with Crippen LogP contribution in [0.1, 0.15) is 27.9 Å². The van der Waals surface area contributed by atoms with E-state index >= 15 is 0 Å². The van der Waals surface area contributed by atoms with Crippen molar-refractivity contribution in [1.29, 1.82) is 0 Å². The number of urea groups is 1. The van der Waals surface area contributed by atoms with E-state index in [2.05, 4.69) is 15.6 Å². The molecule has 29 heavy (non-hydrogen) atoms. The Hall–Kier alpha value is -2.91. The van der Waals surface area contributed by atoms with Crippen LogP contribution in [-0.2, 0) is 13.0 Å². The van der Waals surface area contributed by atoms with Gasteiger partial charge in [0, 0.05) is 28.9 Å². The van der Waals surface area contributed by atoms with Crippen LogP contribution in [0.2, 0.25) is 0 Å². The Bertz CT molecular complexity index is 999. The number of nitrogens with one attached hydrogen (secondary N) is 2. The summed E-state index contributed by atoms with van der Waals surface area (Å²) >= 11 is 2.90. The van der Waals surface area contributed by atoms with Gasteiger partial charge < -0.3 is 15.0 Å². The molecule has 1 aliphatic rings. The fourth-order valence-corrected chi connectivity index (χ4v) is 4.64. The van der Waals surface area contributed by atoms with Gasteiger partial charge in [-0.25, -0.2) is 9.78 Å². The minimum atomic E-state index is -0.164. The predicted molar refractivity (Wildman–Crippen MR) is 115 cm³/mol. The van der Waals surface area contributed by atoms with E-state index in [1.165, 1.54) is 22.7 Å². The lowest BCUT2D eigenvalue weighted by Gasteiger charge is -2.26. The number of hydrogen-bond acceptors (Lipinski definition) is 6. The molecule has 0 spiro atoms. The van der Waals surface area contributed by atoms with Crippen LogP contribution in [0.4, 0.5) is 15.6 Å². The second-order valence-electron chi connectivity index (χ2n) is 6.41. The number of rotatable bonds is 5. The average molecular weight is 429 g/mol. The van der Waals surface area contributed by atoms with Crippen molar-refractivity contribution in [2.24, 2.45) is 0 Å². The Kier molecular flexibility index (Phi) is 5.77. The lowest BCUT2D eigenvalue weighted by Crippen LogP contribution is -2.38. The zero-order valence-corrected chi connectivity index (χ0v) is 17.4. The Morgan fingerprint density at radius 1 is 1.21 bits per heavy atom. The van der Waals surface area contributed by atoms with Gasteiger partial charge in [0.15, 0.2) is 5.13 Å². The highest BCUT2D eigenvalue weighted by atomic mass is 32.1. The van der Waals surface area contributed by atoms with Crippen LogP contribution >= 0.6 is 22.7 Å². The fraction of sp³-hybridized carbons (Fsp3) is 0.250. The summed E-state index contributed by atoms with van der Waals surface area (Å²) in [6.45, 7) is 3.59. The zero-order valence-electron chi connectivity index (χ0n) is 15.8. The second-order valence-corrected chi connectivity index (χ2v) is 8.28. The van der Waals surface area contributed by atoms with Gasteiger partial charge in [-0.2, -0.15) is 11.3 Å². The van der Waals surface area contributed by atoms with E-state index in [0.717, 1.165) is 22.0 Å². The van der Waals surface area contributed by atoms with Gasteiger partial charge in [-0.05, 0) is 42.6 Å². The molecule has 3 heterocycles. The molecule has 1 aliphatic heterocycles. The molecule has 3 aromatic rings. The minimum absolute atomic E-state index is 0.155. The number of thiophene rings is 1. The molecule has 150 valence electrons. The van der Waals surface area contributed by atoms with Crippen LogP contribution in [0, 0.1) is 0 Å². The van der Waals surface area contributed by atoms with Crippen molar-refractivity contribution in [3.63, 3.8) is 0 Å². The van der Waals surface area contributed by atoms with E-state index in [-0.39, 0.29) is 11.9 Å².